The monoisotopic (exact) mass is 340 g/mol. The van der Waals surface area contributed by atoms with Crippen molar-refractivity contribution in [2.45, 2.75) is 0 Å². The molecule has 0 fully saturated rings. The fourth-order valence-electron chi connectivity index (χ4n) is 1.58. The second kappa shape index (κ2) is 6.47. The van der Waals surface area contributed by atoms with E-state index >= 15 is 0 Å². The second-order valence-electron chi connectivity index (χ2n) is 3.98. The molecule has 0 heterocycles. The molecule has 0 aliphatic carbocycles. The van der Waals surface area contributed by atoms with E-state index < -0.39 is 23.2 Å². The summed E-state index contributed by atoms with van der Waals surface area (Å²) in [6.45, 7) is -0.101. The van der Waals surface area contributed by atoms with Crippen molar-refractivity contribution in [1.29, 1.82) is 0 Å². The number of halogens is 3. The van der Waals surface area contributed by atoms with E-state index in [1.807, 2.05) is 18.2 Å². The van der Waals surface area contributed by atoms with Gasteiger partial charge in [0.25, 0.3) is 0 Å². The molecule has 0 unspecified atom stereocenters. The van der Waals surface area contributed by atoms with Crippen LogP contribution in [0.15, 0.2) is 46.9 Å². The number of hydrogen-bond donors (Lipinski definition) is 2. The van der Waals surface area contributed by atoms with Crippen LogP contribution in [-0.4, -0.2) is 12.5 Å². The zero-order valence-corrected chi connectivity index (χ0v) is 11.9. The van der Waals surface area contributed by atoms with E-state index in [0.717, 1.165) is 22.3 Å². The van der Waals surface area contributed by atoms with E-state index in [1.54, 1.807) is 6.07 Å². The summed E-state index contributed by atoms with van der Waals surface area (Å²) in [5, 5.41) is 5.07. The molecule has 2 rings (SSSR count). The normalized spacial score (nSPS) is 10.2. The maximum absolute atomic E-state index is 13.4. The minimum Gasteiger partial charge on any atom is -0.375 e. The Bertz CT molecular complexity index is 614. The van der Waals surface area contributed by atoms with Crippen LogP contribution < -0.4 is 10.6 Å². The summed E-state index contributed by atoms with van der Waals surface area (Å²) in [6, 6.07) is 10.6. The lowest BCUT2D eigenvalue weighted by atomic mass is 10.3. The Morgan fingerprint density at radius 2 is 1.70 bits per heavy atom. The highest BCUT2D eigenvalue weighted by Gasteiger charge is 2.11. The molecule has 0 saturated heterocycles. The van der Waals surface area contributed by atoms with Crippen LogP contribution >= 0.6 is 15.9 Å². The van der Waals surface area contributed by atoms with Crippen molar-refractivity contribution in [2.75, 3.05) is 17.2 Å². The van der Waals surface area contributed by atoms with Crippen molar-refractivity contribution < 1.29 is 13.6 Å². The molecule has 20 heavy (non-hydrogen) atoms. The first-order valence-corrected chi connectivity index (χ1v) is 6.59. The second-order valence-corrected chi connectivity index (χ2v) is 4.83. The lowest BCUT2D eigenvalue weighted by molar-refractivity contribution is -0.114. The molecule has 1 amide bonds. The zero-order chi connectivity index (χ0) is 14.5. The highest BCUT2D eigenvalue weighted by Crippen LogP contribution is 2.21. The number of benzene rings is 2. The summed E-state index contributed by atoms with van der Waals surface area (Å²) in [7, 11) is 0. The Kier molecular flexibility index (Phi) is 4.68. The third-order valence-corrected chi connectivity index (χ3v) is 3.23. The highest BCUT2D eigenvalue weighted by atomic mass is 79.9. The largest absolute Gasteiger partial charge is 0.375 e. The van der Waals surface area contributed by atoms with Crippen LogP contribution in [0.4, 0.5) is 20.2 Å². The van der Waals surface area contributed by atoms with Gasteiger partial charge in [0.2, 0.25) is 5.91 Å². The number of hydrogen-bond acceptors (Lipinski definition) is 2. The van der Waals surface area contributed by atoms with E-state index in [2.05, 4.69) is 26.6 Å². The first kappa shape index (κ1) is 14.5. The van der Waals surface area contributed by atoms with Crippen LogP contribution in [0.1, 0.15) is 0 Å². The predicted molar refractivity (Wildman–Crippen MR) is 77.6 cm³/mol. The van der Waals surface area contributed by atoms with Crippen molar-refractivity contribution in [3.05, 3.63) is 58.6 Å². The number of carbonyl (C=O) groups is 1. The fraction of sp³-hybridized carbons (Fsp3) is 0.0714. The van der Waals surface area contributed by atoms with Crippen molar-refractivity contribution in [2.24, 2.45) is 0 Å². The van der Waals surface area contributed by atoms with Gasteiger partial charge in [-0.25, -0.2) is 8.78 Å². The summed E-state index contributed by atoms with van der Waals surface area (Å²) in [6.07, 6.45) is 0. The topological polar surface area (TPSA) is 41.1 Å². The molecule has 3 nitrogen and oxygen atoms in total. The first-order valence-electron chi connectivity index (χ1n) is 5.80. The smallest absolute Gasteiger partial charge is 0.243 e. The maximum Gasteiger partial charge on any atom is 0.243 e. The Hall–Kier alpha value is -1.95. The van der Waals surface area contributed by atoms with E-state index in [1.165, 1.54) is 6.07 Å². The summed E-state index contributed by atoms with van der Waals surface area (Å²) in [4.78, 5) is 11.7. The molecule has 0 aliphatic heterocycles. The minimum absolute atomic E-state index is 0.101. The van der Waals surface area contributed by atoms with Crippen LogP contribution in [-0.2, 0) is 4.79 Å². The fourth-order valence-corrected chi connectivity index (χ4v) is 2.01. The molecule has 6 heteroatoms. The van der Waals surface area contributed by atoms with Gasteiger partial charge in [0.15, 0.2) is 0 Å². The zero-order valence-electron chi connectivity index (χ0n) is 10.3. The van der Waals surface area contributed by atoms with Crippen LogP contribution in [0, 0.1) is 11.6 Å². The van der Waals surface area contributed by atoms with Gasteiger partial charge in [-0.2, -0.15) is 0 Å². The third kappa shape index (κ3) is 3.54. The van der Waals surface area contributed by atoms with Crippen molar-refractivity contribution in [1.82, 2.24) is 0 Å². The number of amides is 1. The van der Waals surface area contributed by atoms with Crippen LogP contribution in [0.25, 0.3) is 0 Å². The Labute approximate surface area is 123 Å². The molecule has 2 aromatic carbocycles. The van der Waals surface area contributed by atoms with Gasteiger partial charge in [0.1, 0.15) is 17.3 Å². The van der Waals surface area contributed by atoms with E-state index in [9.17, 15) is 13.6 Å². The number of para-hydroxylation sites is 2. The van der Waals surface area contributed by atoms with Gasteiger partial charge >= 0.3 is 0 Å². The van der Waals surface area contributed by atoms with E-state index in [0.29, 0.717) is 0 Å². The Morgan fingerprint density at radius 3 is 2.35 bits per heavy atom. The van der Waals surface area contributed by atoms with Gasteiger partial charge in [0.05, 0.1) is 6.54 Å². The average Bonchev–Trinajstić information content (AvgIpc) is 2.42. The molecule has 0 bridgehead atoms. The average molecular weight is 341 g/mol. The first-order chi connectivity index (χ1) is 9.58. The lowest BCUT2D eigenvalue weighted by Crippen LogP contribution is -2.23. The molecule has 0 saturated carbocycles. The van der Waals surface area contributed by atoms with Crippen molar-refractivity contribution in [3.8, 4) is 0 Å². The number of rotatable bonds is 4. The van der Waals surface area contributed by atoms with Gasteiger partial charge in [-0.05, 0) is 40.2 Å². The molecule has 2 N–H and O–H groups in total. The SMILES string of the molecule is O=C(CNc1ccccc1Br)Nc1c(F)cccc1F. The molecule has 0 atom stereocenters. The molecule has 0 spiro atoms. The quantitative estimate of drug-likeness (QED) is 0.889. The maximum atomic E-state index is 13.4. The number of nitrogens with one attached hydrogen (secondary N) is 2. The lowest BCUT2D eigenvalue weighted by Gasteiger charge is -2.10. The molecule has 2 aromatic rings. The van der Waals surface area contributed by atoms with Gasteiger partial charge in [-0.1, -0.05) is 18.2 Å². The summed E-state index contributed by atoms with van der Waals surface area (Å²) in [5.74, 6) is -2.15. The van der Waals surface area contributed by atoms with Crippen LogP contribution in [0.2, 0.25) is 0 Å². The van der Waals surface area contributed by atoms with Gasteiger partial charge in [-0.3, -0.25) is 4.79 Å². The molecule has 0 aromatic heterocycles. The Balaban J connectivity index is 1.98. The summed E-state index contributed by atoms with van der Waals surface area (Å²) < 4.78 is 27.5. The third-order valence-electron chi connectivity index (χ3n) is 2.54. The summed E-state index contributed by atoms with van der Waals surface area (Å²) in [5.41, 5.74) is 0.281. The van der Waals surface area contributed by atoms with Gasteiger partial charge in [0, 0.05) is 10.2 Å². The summed E-state index contributed by atoms with van der Waals surface area (Å²) >= 11 is 3.32. The molecule has 0 aliphatic rings. The molecule has 104 valence electrons. The standard InChI is InChI=1S/C14H11BrF2N2O/c15-9-4-1-2-7-12(9)18-8-13(20)19-14-10(16)5-3-6-11(14)17/h1-7,18H,8H2,(H,19,20). The van der Waals surface area contributed by atoms with E-state index in [-0.39, 0.29) is 6.54 Å². The molecular formula is C14H11BrF2N2O. The Morgan fingerprint density at radius 1 is 1.05 bits per heavy atom. The van der Waals surface area contributed by atoms with Crippen LogP contribution in [0.5, 0.6) is 0 Å². The molecule has 0 radical (unpaired) electrons. The van der Waals surface area contributed by atoms with Crippen molar-refractivity contribution in [3.63, 3.8) is 0 Å². The van der Waals surface area contributed by atoms with E-state index in [4.69, 9.17) is 0 Å². The van der Waals surface area contributed by atoms with Crippen LogP contribution in [0.3, 0.4) is 0 Å². The minimum atomic E-state index is -0.806. The number of carbonyl (C=O) groups excluding carboxylic acids is 1. The number of anilines is 2. The highest BCUT2D eigenvalue weighted by molar-refractivity contribution is 9.10. The van der Waals surface area contributed by atoms with Gasteiger partial charge < -0.3 is 10.6 Å². The van der Waals surface area contributed by atoms with Gasteiger partial charge in [-0.15, -0.1) is 0 Å². The van der Waals surface area contributed by atoms with Crippen molar-refractivity contribution >= 4 is 33.2 Å². The predicted octanol–water partition coefficient (Wildman–Crippen LogP) is 3.78. The molecular weight excluding hydrogens is 330 g/mol.